The van der Waals surface area contributed by atoms with E-state index in [9.17, 15) is 9.90 Å². The molecule has 1 aromatic carbocycles. The maximum Gasteiger partial charge on any atom is 0.173 e. The number of rotatable bonds is 4. The molecule has 5 atom stereocenters. The Morgan fingerprint density at radius 1 is 1.25 bits per heavy atom. The first-order valence-electron chi connectivity index (χ1n) is 10.0. The summed E-state index contributed by atoms with van der Waals surface area (Å²) in [5.41, 5.74) is 2.79. The van der Waals surface area contributed by atoms with Crippen molar-refractivity contribution in [2.24, 2.45) is 11.3 Å². The van der Waals surface area contributed by atoms with E-state index in [4.69, 9.17) is 9.47 Å². The minimum atomic E-state index is -0.497. The summed E-state index contributed by atoms with van der Waals surface area (Å²) in [5, 5.41) is 9.44. The SMILES string of the molecule is CCN1C2C=CC(C(C)(C)C)=CC2OC1C1C(=O)c2ccccc2C1OCO. The van der Waals surface area contributed by atoms with Crippen LogP contribution in [0.1, 0.15) is 49.7 Å². The summed E-state index contributed by atoms with van der Waals surface area (Å²) in [6.07, 6.45) is 5.60. The van der Waals surface area contributed by atoms with Crippen LogP contribution < -0.4 is 0 Å². The van der Waals surface area contributed by atoms with Crippen LogP contribution in [-0.2, 0) is 9.47 Å². The molecule has 28 heavy (non-hydrogen) atoms. The van der Waals surface area contributed by atoms with Gasteiger partial charge in [0.2, 0.25) is 0 Å². The zero-order chi connectivity index (χ0) is 20.1. The van der Waals surface area contributed by atoms with Gasteiger partial charge in [0, 0.05) is 5.56 Å². The average molecular weight is 383 g/mol. The monoisotopic (exact) mass is 383 g/mol. The number of benzene rings is 1. The first kappa shape index (κ1) is 19.5. The maximum absolute atomic E-state index is 13.3. The highest BCUT2D eigenvalue weighted by Crippen LogP contribution is 2.46. The summed E-state index contributed by atoms with van der Waals surface area (Å²) in [6.45, 7) is 8.99. The van der Waals surface area contributed by atoms with Crippen LogP contribution in [0.5, 0.6) is 0 Å². The average Bonchev–Trinajstić information content (AvgIpc) is 3.16. The van der Waals surface area contributed by atoms with Crippen molar-refractivity contribution in [3.05, 3.63) is 59.2 Å². The lowest BCUT2D eigenvalue weighted by atomic mass is 9.82. The number of fused-ring (bicyclic) bond motifs is 2. The van der Waals surface area contributed by atoms with Crippen LogP contribution in [0.3, 0.4) is 0 Å². The van der Waals surface area contributed by atoms with Gasteiger partial charge in [-0.3, -0.25) is 9.69 Å². The van der Waals surface area contributed by atoms with E-state index in [1.807, 2.05) is 24.3 Å². The number of hydrogen-bond donors (Lipinski definition) is 1. The first-order chi connectivity index (χ1) is 13.4. The maximum atomic E-state index is 13.3. The molecule has 5 unspecified atom stereocenters. The van der Waals surface area contributed by atoms with E-state index in [0.29, 0.717) is 5.56 Å². The molecule has 0 bridgehead atoms. The Morgan fingerprint density at radius 2 is 2.00 bits per heavy atom. The molecule has 0 spiro atoms. The van der Waals surface area contributed by atoms with E-state index in [-0.39, 0.29) is 23.3 Å². The fourth-order valence-corrected chi connectivity index (χ4v) is 4.69. The van der Waals surface area contributed by atoms with Gasteiger partial charge in [0.1, 0.15) is 13.0 Å². The molecular weight excluding hydrogens is 354 g/mol. The van der Waals surface area contributed by atoms with E-state index < -0.39 is 25.0 Å². The summed E-state index contributed by atoms with van der Waals surface area (Å²) >= 11 is 0. The van der Waals surface area contributed by atoms with Gasteiger partial charge in [0.05, 0.1) is 24.2 Å². The van der Waals surface area contributed by atoms with Gasteiger partial charge < -0.3 is 14.6 Å². The van der Waals surface area contributed by atoms with Crippen LogP contribution in [0.15, 0.2) is 48.1 Å². The number of hydrogen-bond acceptors (Lipinski definition) is 5. The van der Waals surface area contributed by atoms with E-state index in [0.717, 1.165) is 12.1 Å². The lowest BCUT2D eigenvalue weighted by Crippen LogP contribution is -2.44. The largest absolute Gasteiger partial charge is 0.371 e. The molecule has 1 aromatic rings. The Balaban J connectivity index is 1.68. The minimum absolute atomic E-state index is 0.0279. The van der Waals surface area contributed by atoms with Crippen molar-refractivity contribution in [3.8, 4) is 0 Å². The van der Waals surface area contributed by atoms with Crippen molar-refractivity contribution in [1.82, 2.24) is 4.90 Å². The van der Waals surface area contributed by atoms with Crippen LogP contribution in [0.4, 0.5) is 0 Å². The van der Waals surface area contributed by atoms with Gasteiger partial charge in [-0.2, -0.15) is 0 Å². The number of ketones is 1. The summed E-state index contributed by atoms with van der Waals surface area (Å²) in [7, 11) is 0. The molecular formula is C23H29NO4. The molecule has 4 rings (SSSR count). The van der Waals surface area contributed by atoms with Crippen molar-refractivity contribution in [3.63, 3.8) is 0 Å². The molecule has 1 saturated heterocycles. The van der Waals surface area contributed by atoms with Crippen LogP contribution in [0.25, 0.3) is 0 Å². The Labute approximate surface area is 166 Å². The molecule has 0 aromatic heterocycles. The summed E-state index contributed by atoms with van der Waals surface area (Å²) in [5.74, 6) is -0.463. The molecule has 1 aliphatic heterocycles. The fourth-order valence-electron chi connectivity index (χ4n) is 4.69. The van der Waals surface area contributed by atoms with Crippen LogP contribution >= 0.6 is 0 Å². The summed E-state index contributed by atoms with van der Waals surface area (Å²) < 4.78 is 12.1. The number of carbonyl (C=O) groups is 1. The first-order valence-corrected chi connectivity index (χ1v) is 10.0. The molecule has 0 saturated carbocycles. The number of allylic oxidation sites excluding steroid dienone is 2. The fraction of sp³-hybridized carbons (Fsp3) is 0.522. The molecule has 150 valence electrons. The van der Waals surface area contributed by atoms with Crippen LogP contribution in [0, 0.1) is 11.3 Å². The molecule has 3 aliphatic rings. The highest BCUT2D eigenvalue weighted by Gasteiger charge is 2.53. The molecule has 1 N–H and O–H groups in total. The van der Waals surface area contributed by atoms with Crippen molar-refractivity contribution in [2.45, 2.75) is 52.2 Å². The second-order valence-corrected chi connectivity index (χ2v) is 8.74. The molecule has 1 fully saturated rings. The quantitative estimate of drug-likeness (QED) is 0.807. The lowest BCUT2D eigenvalue weighted by Gasteiger charge is -2.32. The molecule has 0 amide bonds. The number of carbonyl (C=O) groups excluding carboxylic acids is 1. The minimum Gasteiger partial charge on any atom is -0.371 e. The van der Waals surface area contributed by atoms with E-state index >= 15 is 0 Å². The Bertz CT molecular complexity index is 822. The van der Waals surface area contributed by atoms with Gasteiger partial charge in [-0.1, -0.05) is 70.2 Å². The van der Waals surface area contributed by atoms with E-state index in [1.165, 1.54) is 5.57 Å². The highest BCUT2D eigenvalue weighted by molar-refractivity contribution is 6.03. The Morgan fingerprint density at radius 3 is 2.68 bits per heavy atom. The zero-order valence-electron chi connectivity index (χ0n) is 17.0. The standard InChI is InChI=1S/C23H29NO4/c1-5-24-17-11-10-14(23(2,3)4)12-18(17)28-22(24)19-20(26)15-8-6-7-9-16(15)21(19)27-13-25/h6-12,17-19,21-22,25H,5,13H2,1-4H3. The normalized spacial score (nSPS) is 32.4. The Hall–Kier alpha value is -1.79. The zero-order valence-corrected chi connectivity index (χ0v) is 17.0. The molecule has 0 radical (unpaired) electrons. The third kappa shape index (κ3) is 3.07. The third-order valence-electron chi connectivity index (χ3n) is 6.11. The Kier molecular flexibility index (Phi) is 5.04. The van der Waals surface area contributed by atoms with Gasteiger partial charge in [0.25, 0.3) is 0 Å². The predicted octanol–water partition coefficient (Wildman–Crippen LogP) is 3.46. The molecule has 2 aliphatic carbocycles. The second-order valence-electron chi connectivity index (χ2n) is 8.74. The van der Waals surface area contributed by atoms with Gasteiger partial charge in [0.15, 0.2) is 5.78 Å². The number of likely N-dealkylation sites (N-methyl/N-ethyl adjacent to an activating group) is 1. The second kappa shape index (κ2) is 7.23. The lowest BCUT2D eigenvalue weighted by molar-refractivity contribution is -0.110. The van der Waals surface area contributed by atoms with E-state index in [1.54, 1.807) is 0 Å². The van der Waals surface area contributed by atoms with Gasteiger partial charge in [-0.05, 0) is 23.1 Å². The number of aliphatic hydroxyl groups is 1. The van der Waals surface area contributed by atoms with Gasteiger partial charge in [-0.25, -0.2) is 0 Å². The van der Waals surface area contributed by atoms with Crippen LogP contribution in [-0.4, -0.2) is 47.5 Å². The van der Waals surface area contributed by atoms with Crippen LogP contribution in [0.2, 0.25) is 0 Å². The molecule has 5 nitrogen and oxygen atoms in total. The number of aliphatic hydroxyl groups excluding tert-OH is 1. The smallest absolute Gasteiger partial charge is 0.173 e. The summed E-state index contributed by atoms with van der Waals surface area (Å²) in [4.78, 5) is 15.5. The van der Waals surface area contributed by atoms with Crippen molar-refractivity contribution >= 4 is 5.78 Å². The van der Waals surface area contributed by atoms with Gasteiger partial charge in [-0.15, -0.1) is 0 Å². The number of Topliss-reactive ketones (excluding diaryl/α,β-unsaturated/α-hetero) is 1. The topological polar surface area (TPSA) is 59.0 Å². The predicted molar refractivity (Wildman–Crippen MR) is 107 cm³/mol. The van der Waals surface area contributed by atoms with Gasteiger partial charge >= 0.3 is 0 Å². The van der Waals surface area contributed by atoms with Crippen molar-refractivity contribution in [1.29, 1.82) is 0 Å². The summed E-state index contributed by atoms with van der Waals surface area (Å²) in [6, 6.07) is 7.61. The van der Waals surface area contributed by atoms with Crippen molar-refractivity contribution < 1.29 is 19.4 Å². The van der Waals surface area contributed by atoms with Crippen molar-refractivity contribution in [2.75, 3.05) is 13.3 Å². The number of nitrogens with zero attached hydrogens (tertiary/aromatic N) is 1. The molecule has 1 heterocycles. The highest BCUT2D eigenvalue weighted by atomic mass is 16.6. The van der Waals surface area contributed by atoms with E-state index in [2.05, 4.69) is 50.8 Å². The third-order valence-corrected chi connectivity index (χ3v) is 6.11. The number of ether oxygens (including phenoxy) is 2. The molecule has 5 heteroatoms.